The number of anilines is 1. The number of amides is 2. The highest BCUT2D eigenvalue weighted by atomic mass is 16.2. The number of rotatable bonds is 7. The summed E-state index contributed by atoms with van der Waals surface area (Å²) in [6.07, 6.45) is 3.76. The molecule has 1 unspecified atom stereocenters. The van der Waals surface area contributed by atoms with E-state index in [0.717, 1.165) is 24.1 Å². The van der Waals surface area contributed by atoms with Gasteiger partial charge in [-0.05, 0) is 24.1 Å². The lowest BCUT2D eigenvalue weighted by atomic mass is 10.1. The molecule has 0 saturated carbocycles. The second kappa shape index (κ2) is 8.79. The fourth-order valence-electron chi connectivity index (χ4n) is 2.53. The third kappa shape index (κ3) is 4.99. The van der Waals surface area contributed by atoms with Crippen LogP contribution >= 0.6 is 0 Å². The van der Waals surface area contributed by atoms with Gasteiger partial charge >= 0.3 is 6.03 Å². The van der Waals surface area contributed by atoms with Gasteiger partial charge in [-0.2, -0.15) is 0 Å². The van der Waals surface area contributed by atoms with Gasteiger partial charge in [-0.3, -0.25) is 0 Å². The third-order valence-corrected chi connectivity index (χ3v) is 3.74. The van der Waals surface area contributed by atoms with E-state index < -0.39 is 0 Å². The first-order chi connectivity index (χ1) is 11.2. The van der Waals surface area contributed by atoms with Crippen molar-refractivity contribution < 1.29 is 4.79 Å². The Morgan fingerprint density at radius 2 is 1.74 bits per heavy atom. The average Bonchev–Trinajstić information content (AvgIpc) is 2.59. The van der Waals surface area contributed by atoms with E-state index in [1.165, 1.54) is 0 Å². The van der Waals surface area contributed by atoms with Crippen molar-refractivity contribution in [2.75, 3.05) is 5.32 Å². The minimum Gasteiger partial charge on any atom is -0.314 e. The Balaban J connectivity index is 2.17. The molecule has 1 atom stereocenters. The third-order valence-electron chi connectivity index (χ3n) is 3.74. The molecule has 0 aliphatic heterocycles. The summed E-state index contributed by atoms with van der Waals surface area (Å²) in [4.78, 5) is 14.6. The minimum atomic E-state index is -0.0987. The first kappa shape index (κ1) is 16.8. The fraction of sp³-hybridized carbons (Fsp3) is 0.250. The highest BCUT2D eigenvalue weighted by Crippen LogP contribution is 2.16. The van der Waals surface area contributed by atoms with Gasteiger partial charge in [0, 0.05) is 12.2 Å². The first-order valence-corrected chi connectivity index (χ1v) is 8.03. The number of carbonyl (C=O) groups is 1. The van der Waals surface area contributed by atoms with Gasteiger partial charge in [0.2, 0.25) is 0 Å². The van der Waals surface area contributed by atoms with Crippen molar-refractivity contribution in [2.45, 2.75) is 32.4 Å². The second-order valence-electron chi connectivity index (χ2n) is 5.50. The summed E-state index contributed by atoms with van der Waals surface area (Å²) in [6.45, 7) is 6.59. The number of urea groups is 1. The maximum Gasteiger partial charge on any atom is 0.322 e. The monoisotopic (exact) mass is 308 g/mol. The Morgan fingerprint density at radius 3 is 2.30 bits per heavy atom. The molecule has 0 aliphatic carbocycles. The van der Waals surface area contributed by atoms with Gasteiger partial charge in [-0.1, -0.05) is 68.0 Å². The molecule has 0 spiro atoms. The van der Waals surface area contributed by atoms with E-state index in [1.54, 1.807) is 0 Å². The van der Waals surface area contributed by atoms with E-state index >= 15 is 0 Å². The number of benzene rings is 2. The lowest BCUT2D eigenvalue weighted by Gasteiger charge is -2.30. The largest absolute Gasteiger partial charge is 0.322 e. The molecule has 0 aliphatic rings. The van der Waals surface area contributed by atoms with Crippen LogP contribution in [0.5, 0.6) is 0 Å². The van der Waals surface area contributed by atoms with Crippen LogP contribution in [0.15, 0.2) is 73.3 Å². The van der Waals surface area contributed by atoms with Crippen LogP contribution in [0.2, 0.25) is 0 Å². The maximum absolute atomic E-state index is 12.8. The van der Waals surface area contributed by atoms with Gasteiger partial charge in [-0.25, -0.2) is 4.79 Å². The normalized spacial score (nSPS) is 11.5. The van der Waals surface area contributed by atoms with Crippen molar-refractivity contribution in [1.82, 2.24) is 4.90 Å². The summed E-state index contributed by atoms with van der Waals surface area (Å²) >= 11 is 0. The Bertz CT molecular complexity index is 610. The van der Waals surface area contributed by atoms with E-state index in [9.17, 15) is 4.79 Å². The standard InChI is InChI=1S/C20H24N2O/c1-3-11-19(4-2)22(16-17-12-7-5-8-13-17)20(23)21-18-14-9-6-10-15-18/h4-10,12-15,19H,2-3,11,16H2,1H3,(H,21,23). The Hall–Kier alpha value is -2.55. The summed E-state index contributed by atoms with van der Waals surface area (Å²) in [5.41, 5.74) is 1.91. The molecule has 0 saturated heterocycles. The molecular weight excluding hydrogens is 284 g/mol. The van der Waals surface area contributed by atoms with E-state index in [2.05, 4.69) is 18.8 Å². The van der Waals surface area contributed by atoms with Crippen LogP contribution in [0.25, 0.3) is 0 Å². The van der Waals surface area contributed by atoms with Crippen LogP contribution in [0.3, 0.4) is 0 Å². The molecule has 3 heteroatoms. The molecule has 0 fully saturated rings. The molecule has 0 aromatic heterocycles. The molecular formula is C20H24N2O. The van der Waals surface area contributed by atoms with E-state index in [4.69, 9.17) is 0 Å². The van der Waals surface area contributed by atoms with Crippen molar-refractivity contribution in [3.63, 3.8) is 0 Å². The minimum absolute atomic E-state index is 0.0175. The molecule has 2 aromatic carbocycles. The summed E-state index contributed by atoms with van der Waals surface area (Å²) in [5.74, 6) is 0. The fourth-order valence-corrected chi connectivity index (χ4v) is 2.53. The van der Waals surface area contributed by atoms with Gasteiger partial charge in [0.1, 0.15) is 0 Å². The van der Waals surface area contributed by atoms with Gasteiger partial charge < -0.3 is 10.2 Å². The predicted octanol–water partition coefficient (Wildman–Crippen LogP) is 5.08. The molecule has 23 heavy (non-hydrogen) atoms. The van der Waals surface area contributed by atoms with Gasteiger partial charge in [-0.15, -0.1) is 6.58 Å². The molecule has 2 aromatic rings. The Labute approximate surface area is 138 Å². The molecule has 2 rings (SSSR count). The molecule has 1 N–H and O–H groups in total. The predicted molar refractivity (Wildman–Crippen MR) is 96.3 cm³/mol. The SMILES string of the molecule is C=CC(CCC)N(Cc1ccccc1)C(=O)Nc1ccccc1. The number of hydrogen-bond acceptors (Lipinski definition) is 1. The highest BCUT2D eigenvalue weighted by molar-refractivity contribution is 5.89. The zero-order valence-corrected chi connectivity index (χ0v) is 13.6. The van der Waals surface area contributed by atoms with Crippen LogP contribution in [-0.4, -0.2) is 17.0 Å². The number of nitrogens with one attached hydrogen (secondary N) is 1. The van der Waals surface area contributed by atoms with Gasteiger partial charge in [0.05, 0.1) is 6.04 Å². The summed E-state index contributed by atoms with van der Waals surface area (Å²) in [5, 5.41) is 2.97. The molecule has 2 amide bonds. The number of para-hydroxylation sites is 1. The smallest absolute Gasteiger partial charge is 0.314 e. The van der Waals surface area contributed by atoms with Crippen molar-refractivity contribution in [3.8, 4) is 0 Å². The first-order valence-electron chi connectivity index (χ1n) is 8.03. The molecule has 0 heterocycles. The van der Waals surface area contributed by atoms with Crippen molar-refractivity contribution in [3.05, 3.63) is 78.9 Å². The van der Waals surface area contributed by atoms with E-state index in [0.29, 0.717) is 6.54 Å². The van der Waals surface area contributed by atoms with Crippen molar-refractivity contribution >= 4 is 11.7 Å². The van der Waals surface area contributed by atoms with Gasteiger partial charge in [0.25, 0.3) is 0 Å². The van der Waals surface area contributed by atoms with E-state index in [-0.39, 0.29) is 12.1 Å². The van der Waals surface area contributed by atoms with Crippen LogP contribution in [0.1, 0.15) is 25.3 Å². The molecule has 0 radical (unpaired) electrons. The average molecular weight is 308 g/mol. The van der Waals surface area contributed by atoms with Gasteiger partial charge in [0.15, 0.2) is 0 Å². The topological polar surface area (TPSA) is 32.3 Å². The van der Waals surface area contributed by atoms with Crippen molar-refractivity contribution in [2.24, 2.45) is 0 Å². The van der Waals surface area contributed by atoms with E-state index in [1.807, 2.05) is 71.6 Å². The van der Waals surface area contributed by atoms with Crippen LogP contribution in [0.4, 0.5) is 10.5 Å². The summed E-state index contributed by atoms with van der Waals surface area (Å²) in [6, 6.07) is 19.5. The lowest BCUT2D eigenvalue weighted by molar-refractivity contribution is 0.193. The highest BCUT2D eigenvalue weighted by Gasteiger charge is 2.21. The lowest BCUT2D eigenvalue weighted by Crippen LogP contribution is -2.41. The maximum atomic E-state index is 12.8. The second-order valence-corrected chi connectivity index (χ2v) is 5.50. The quantitative estimate of drug-likeness (QED) is 0.711. The number of carbonyl (C=O) groups excluding carboxylic acids is 1. The molecule has 3 nitrogen and oxygen atoms in total. The van der Waals surface area contributed by atoms with Crippen LogP contribution in [0, 0.1) is 0 Å². The Morgan fingerprint density at radius 1 is 1.13 bits per heavy atom. The Kier molecular flexibility index (Phi) is 6.42. The molecule has 0 bridgehead atoms. The zero-order valence-electron chi connectivity index (χ0n) is 13.6. The molecule has 120 valence electrons. The summed E-state index contributed by atoms with van der Waals surface area (Å²) in [7, 11) is 0. The van der Waals surface area contributed by atoms with Crippen LogP contribution in [-0.2, 0) is 6.54 Å². The number of nitrogens with zero attached hydrogens (tertiary/aromatic N) is 1. The summed E-state index contributed by atoms with van der Waals surface area (Å²) < 4.78 is 0. The number of hydrogen-bond donors (Lipinski definition) is 1. The van der Waals surface area contributed by atoms with Crippen molar-refractivity contribution in [1.29, 1.82) is 0 Å². The zero-order chi connectivity index (χ0) is 16.5. The van der Waals surface area contributed by atoms with Crippen LogP contribution < -0.4 is 5.32 Å².